The van der Waals surface area contributed by atoms with Crippen LogP contribution in [0.4, 0.5) is 5.69 Å². The summed E-state index contributed by atoms with van der Waals surface area (Å²) in [6.45, 7) is 3.18. The summed E-state index contributed by atoms with van der Waals surface area (Å²) in [5.74, 6) is 1.65. The average molecular weight is 437 g/mol. The topological polar surface area (TPSA) is 49.9 Å². The number of carbonyl (C=O) groups excluding carboxylic acids is 2. The van der Waals surface area contributed by atoms with E-state index in [2.05, 4.69) is 19.1 Å². The van der Waals surface area contributed by atoms with Crippen molar-refractivity contribution in [3.8, 4) is 5.75 Å². The lowest BCUT2D eigenvalue weighted by Gasteiger charge is -2.35. The molecule has 0 N–H and O–H groups in total. The predicted octanol–water partition coefficient (Wildman–Crippen LogP) is 4.47. The lowest BCUT2D eigenvalue weighted by Crippen LogP contribution is -2.51. The van der Waals surface area contributed by atoms with Crippen LogP contribution in [0.2, 0.25) is 0 Å². The number of thioether (sulfide) groups is 1. The van der Waals surface area contributed by atoms with Gasteiger partial charge >= 0.3 is 0 Å². The van der Waals surface area contributed by atoms with Crippen molar-refractivity contribution < 1.29 is 14.3 Å². The average Bonchev–Trinajstić information content (AvgIpc) is 3.52. The summed E-state index contributed by atoms with van der Waals surface area (Å²) in [7, 11) is 1.64. The van der Waals surface area contributed by atoms with Crippen LogP contribution in [0.1, 0.15) is 42.4 Å². The number of amides is 2. The van der Waals surface area contributed by atoms with E-state index in [-0.39, 0.29) is 17.7 Å². The maximum absolute atomic E-state index is 14.1. The lowest BCUT2D eigenvalue weighted by atomic mass is 10.0. The molecule has 0 bridgehead atoms. The maximum Gasteiger partial charge on any atom is 0.268 e. The molecule has 2 aromatic carbocycles. The number of hydrogen-bond donors (Lipinski definition) is 0. The second-order valence-electron chi connectivity index (χ2n) is 8.66. The van der Waals surface area contributed by atoms with Gasteiger partial charge in [-0.1, -0.05) is 37.1 Å². The molecule has 0 aromatic heterocycles. The van der Waals surface area contributed by atoms with E-state index < -0.39 is 4.87 Å². The Labute approximate surface area is 187 Å². The maximum atomic E-state index is 14.1. The first-order valence-electron chi connectivity index (χ1n) is 11.1. The Morgan fingerprint density at radius 2 is 1.97 bits per heavy atom. The van der Waals surface area contributed by atoms with Gasteiger partial charge in [0.05, 0.1) is 19.3 Å². The molecule has 2 heterocycles. The van der Waals surface area contributed by atoms with Gasteiger partial charge in [-0.25, -0.2) is 0 Å². The fourth-order valence-corrected chi connectivity index (χ4v) is 6.71. The SMILES string of the molecule is COc1ccc2c(c1)[C@@]1(SCCN1C(=O)C1CCCC1)C(=O)N2Cc1ccccc1C. The van der Waals surface area contributed by atoms with Gasteiger partial charge in [0.15, 0.2) is 4.87 Å². The number of nitrogens with zero attached hydrogens (tertiary/aromatic N) is 2. The van der Waals surface area contributed by atoms with Crippen LogP contribution in [-0.4, -0.2) is 36.1 Å². The van der Waals surface area contributed by atoms with Crippen LogP contribution in [0, 0.1) is 12.8 Å². The molecule has 1 spiro atoms. The van der Waals surface area contributed by atoms with Crippen molar-refractivity contribution in [1.82, 2.24) is 4.90 Å². The number of aryl methyl sites for hydroxylation is 1. The van der Waals surface area contributed by atoms with Crippen molar-refractivity contribution in [2.75, 3.05) is 24.3 Å². The predicted molar refractivity (Wildman–Crippen MR) is 123 cm³/mol. The van der Waals surface area contributed by atoms with Crippen LogP contribution in [0.25, 0.3) is 0 Å². The van der Waals surface area contributed by atoms with E-state index >= 15 is 0 Å². The molecule has 162 valence electrons. The monoisotopic (exact) mass is 436 g/mol. The Kier molecular flexibility index (Phi) is 5.21. The Hall–Kier alpha value is -2.47. The lowest BCUT2D eigenvalue weighted by molar-refractivity contribution is -0.143. The Bertz CT molecular complexity index is 1030. The molecule has 2 aliphatic heterocycles. The molecular formula is C25H28N2O3S. The molecular weight excluding hydrogens is 408 g/mol. The van der Waals surface area contributed by atoms with Crippen molar-refractivity contribution in [3.63, 3.8) is 0 Å². The molecule has 1 atom stereocenters. The van der Waals surface area contributed by atoms with Crippen LogP contribution >= 0.6 is 11.8 Å². The summed E-state index contributed by atoms with van der Waals surface area (Å²) >= 11 is 1.59. The molecule has 3 aliphatic rings. The van der Waals surface area contributed by atoms with Crippen molar-refractivity contribution in [2.24, 2.45) is 5.92 Å². The summed E-state index contributed by atoms with van der Waals surface area (Å²) in [4.78, 5) is 30.4. The summed E-state index contributed by atoms with van der Waals surface area (Å²) in [6, 6.07) is 14.0. The van der Waals surface area contributed by atoms with Crippen LogP contribution in [-0.2, 0) is 21.0 Å². The number of carbonyl (C=O) groups is 2. The number of hydrogen-bond acceptors (Lipinski definition) is 4. The fraction of sp³-hybridized carbons (Fsp3) is 0.440. The van der Waals surface area contributed by atoms with E-state index in [1.54, 1.807) is 18.9 Å². The summed E-state index contributed by atoms with van der Waals surface area (Å²) < 4.78 is 5.50. The van der Waals surface area contributed by atoms with Crippen molar-refractivity contribution >= 4 is 29.3 Å². The molecule has 5 rings (SSSR count). The number of benzene rings is 2. The molecule has 1 saturated heterocycles. The third-order valence-corrected chi connectivity index (χ3v) is 8.38. The van der Waals surface area contributed by atoms with Gasteiger partial charge < -0.3 is 14.5 Å². The smallest absolute Gasteiger partial charge is 0.268 e. The standard InChI is InChI=1S/C25H28N2O3S/c1-17-7-3-4-10-19(17)16-26-22-12-11-20(30-2)15-21(22)25(24(26)29)27(13-14-31-25)23(28)18-8-5-6-9-18/h3-4,7,10-12,15,18H,5-6,8-9,13-14,16H2,1-2H3/t25-/m1/s1. The molecule has 0 radical (unpaired) electrons. The Morgan fingerprint density at radius 1 is 1.19 bits per heavy atom. The summed E-state index contributed by atoms with van der Waals surface area (Å²) in [5.41, 5.74) is 4.04. The van der Waals surface area contributed by atoms with E-state index in [0.717, 1.165) is 53.8 Å². The molecule has 1 saturated carbocycles. The van der Waals surface area contributed by atoms with Gasteiger partial charge in [-0.3, -0.25) is 9.59 Å². The molecule has 5 nitrogen and oxygen atoms in total. The number of ether oxygens (including phenoxy) is 1. The number of rotatable bonds is 4. The van der Waals surface area contributed by atoms with E-state index in [9.17, 15) is 9.59 Å². The van der Waals surface area contributed by atoms with E-state index in [1.807, 2.05) is 40.1 Å². The van der Waals surface area contributed by atoms with Crippen LogP contribution in [0.15, 0.2) is 42.5 Å². The van der Waals surface area contributed by atoms with E-state index in [4.69, 9.17) is 4.74 Å². The molecule has 0 unspecified atom stereocenters. The summed E-state index contributed by atoms with van der Waals surface area (Å²) in [5, 5.41) is 0. The van der Waals surface area contributed by atoms with Crippen LogP contribution in [0.3, 0.4) is 0 Å². The fourth-order valence-electron chi connectivity index (χ4n) is 5.25. The quantitative estimate of drug-likeness (QED) is 0.710. The Morgan fingerprint density at radius 3 is 2.71 bits per heavy atom. The first kappa shape index (κ1) is 20.4. The summed E-state index contributed by atoms with van der Waals surface area (Å²) in [6.07, 6.45) is 4.06. The normalized spacial score (nSPS) is 23.1. The minimum Gasteiger partial charge on any atom is -0.497 e. The van der Waals surface area contributed by atoms with Gasteiger partial charge in [0, 0.05) is 23.8 Å². The second-order valence-corrected chi connectivity index (χ2v) is 9.95. The molecule has 1 aliphatic carbocycles. The molecule has 6 heteroatoms. The van der Waals surface area contributed by atoms with Crippen molar-refractivity contribution in [1.29, 1.82) is 0 Å². The zero-order chi connectivity index (χ0) is 21.6. The number of anilines is 1. The first-order valence-corrected chi connectivity index (χ1v) is 12.1. The Balaban J connectivity index is 1.60. The molecule has 31 heavy (non-hydrogen) atoms. The van der Waals surface area contributed by atoms with Crippen molar-refractivity contribution in [3.05, 3.63) is 59.2 Å². The van der Waals surface area contributed by atoms with Crippen molar-refractivity contribution in [2.45, 2.75) is 44.0 Å². The highest BCUT2D eigenvalue weighted by Gasteiger charge is 2.60. The highest BCUT2D eigenvalue weighted by molar-refractivity contribution is 8.01. The van der Waals surface area contributed by atoms with Gasteiger partial charge in [-0.15, -0.1) is 11.8 Å². The zero-order valence-electron chi connectivity index (χ0n) is 18.1. The van der Waals surface area contributed by atoms with Crippen LogP contribution in [0.5, 0.6) is 5.75 Å². The minimum absolute atomic E-state index is 0.00662. The first-order chi connectivity index (χ1) is 15.1. The number of methoxy groups -OCH3 is 1. The molecule has 2 fully saturated rings. The highest BCUT2D eigenvalue weighted by Crippen LogP contribution is 2.56. The van der Waals surface area contributed by atoms with Crippen LogP contribution < -0.4 is 9.64 Å². The zero-order valence-corrected chi connectivity index (χ0v) is 18.9. The highest BCUT2D eigenvalue weighted by atomic mass is 32.2. The van der Waals surface area contributed by atoms with Gasteiger partial charge in [-0.05, 0) is 49.1 Å². The third kappa shape index (κ3) is 3.15. The third-order valence-electron chi connectivity index (χ3n) is 6.96. The van der Waals surface area contributed by atoms with Gasteiger partial charge in [0.25, 0.3) is 5.91 Å². The largest absolute Gasteiger partial charge is 0.497 e. The number of fused-ring (bicyclic) bond motifs is 2. The van der Waals surface area contributed by atoms with E-state index in [1.165, 1.54) is 0 Å². The van der Waals surface area contributed by atoms with E-state index in [0.29, 0.717) is 18.8 Å². The van der Waals surface area contributed by atoms with Gasteiger partial charge in [0.2, 0.25) is 5.91 Å². The van der Waals surface area contributed by atoms with Gasteiger partial charge in [0.1, 0.15) is 5.75 Å². The molecule has 2 amide bonds. The minimum atomic E-state index is -0.980. The van der Waals surface area contributed by atoms with Gasteiger partial charge in [-0.2, -0.15) is 0 Å². The second kappa shape index (κ2) is 7.90. The molecule has 2 aromatic rings.